The van der Waals surface area contributed by atoms with Gasteiger partial charge in [0.05, 0.1) is 11.1 Å². The molecule has 118 valence electrons. The summed E-state index contributed by atoms with van der Waals surface area (Å²) in [7, 11) is 0. The van der Waals surface area contributed by atoms with Crippen LogP contribution in [0.1, 0.15) is 64.5 Å². The molecule has 2 nitrogen and oxygen atoms in total. The SMILES string of the molecule is CCNC(C)c1ccc(OC2CCCC(CC)C2)c(Cl)c1. The van der Waals surface area contributed by atoms with E-state index in [4.69, 9.17) is 16.3 Å². The monoisotopic (exact) mass is 309 g/mol. The van der Waals surface area contributed by atoms with Crippen molar-refractivity contribution in [2.75, 3.05) is 6.54 Å². The predicted octanol–water partition coefficient (Wildman–Crippen LogP) is 5.36. The van der Waals surface area contributed by atoms with Crippen molar-refractivity contribution in [2.45, 2.75) is 65.0 Å². The Bertz CT molecular complexity index is 449. The third kappa shape index (κ3) is 4.62. The van der Waals surface area contributed by atoms with Crippen molar-refractivity contribution in [2.24, 2.45) is 5.92 Å². The number of rotatable bonds is 6. The molecule has 2 rings (SSSR count). The smallest absolute Gasteiger partial charge is 0.138 e. The molecule has 1 aromatic rings. The molecule has 0 amide bonds. The molecule has 1 saturated carbocycles. The molecular weight excluding hydrogens is 282 g/mol. The number of halogens is 1. The largest absolute Gasteiger partial charge is 0.489 e. The minimum atomic E-state index is 0.320. The highest BCUT2D eigenvalue weighted by molar-refractivity contribution is 6.32. The second-order valence-corrected chi connectivity index (χ2v) is 6.56. The number of benzene rings is 1. The lowest BCUT2D eigenvalue weighted by molar-refractivity contribution is 0.122. The molecule has 1 aliphatic rings. The highest BCUT2D eigenvalue weighted by Crippen LogP contribution is 2.33. The Morgan fingerprint density at radius 2 is 2.14 bits per heavy atom. The highest BCUT2D eigenvalue weighted by Gasteiger charge is 2.22. The van der Waals surface area contributed by atoms with Crippen LogP contribution < -0.4 is 10.1 Å². The first-order valence-corrected chi connectivity index (χ1v) is 8.71. The summed E-state index contributed by atoms with van der Waals surface area (Å²) < 4.78 is 6.16. The summed E-state index contributed by atoms with van der Waals surface area (Å²) in [6.07, 6.45) is 6.54. The Kier molecular flexibility index (Phi) is 6.38. The molecule has 1 N–H and O–H groups in total. The van der Waals surface area contributed by atoms with E-state index in [9.17, 15) is 0 Å². The van der Waals surface area contributed by atoms with Crippen molar-refractivity contribution in [1.29, 1.82) is 0 Å². The molecule has 0 aromatic heterocycles. The van der Waals surface area contributed by atoms with Gasteiger partial charge in [-0.15, -0.1) is 0 Å². The van der Waals surface area contributed by atoms with E-state index in [1.54, 1.807) is 0 Å². The molecule has 0 spiro atoms. The lowest BCUT2D eigenvalue weighted by Gasteiger charge is -2.29. The number of ether oxygens (including phenoxy) is 1. The van der Waals surface area contributed by atoms with Gasteiger partial charge in [0.15, 0.2) is 0 Å². The fourth-order valence-electron chi connectivity index (χ4n) is 3.21. The Morgan fingerprint density at radius 1 is 1.33 bits per heavy atom. The molecule has 1 aliphatic carbocycles. The van der Waals surface area contributed by atoms with Gasteiger partial charge in [0.2, 0.25) is 0 Å². The maximum atomic E-state index is 6.41. The van der Waals surface area contributed by atoms with Gasteiger partial charge >= 0.3 is 0 Å². The van der Waals surface area contributed by atoms with Gasteiger partial charge in [0.25, 0.3) is 0 Å². The van der Waals surface area contributed by atoms with E-state index in [0.29, 0.717) is 12.1 Å². The minimum absolute atomic E-state index is 0.320. The van der Waals surface area contributed by atoms with Gasteiger partial charge in [-0.2, -0.15) is 0 Å². The van der Waals surface area contributed by atoms with Crippen LogP contribution in [0.15, 0.2) is 18.2 Å². The second kappa shape index (κ2) is 8.05. The Hall–Kier alpha value is -0.730. The zero-order valence-corrected chi connectivity index (χ0v) is 14.2. The molecule has 0 radical (unpaired) electrons. The summed E-state index contributed by atoms with van der Waals surface area (Å²) in [4.78, 5) is 0. The average Bonchev–Trinajstić information content (AvgIpc) is 2.49. The van der Waals surface area contributed by atoms with Crippen LogP contribution in [0, 0.1) is 5.92 Å². The van der Waals surface area contributed by atoms with Crippen LogP contribution in [0.5, 0.6) is 5.75 Å². The minimum Gasteiger partial charge on any atom is -0.489 e. The zero-order valence-electron chi connectivity index (χ0n) is 13.5. The number of nitrogens with one attached hydrogen (secondary N) is 1. The van der Waals surface area contributed by atoms with Gasteiger partial charge in [-0.1, -0.05) is 44.4 Å². The topological polar surface area (TPSA) is 21.3 Å². The van der Waals surface area contributed by atoms with E-state index >= 15 is 0 Å². The third-order valence-electron chi connectivity index (χ3n) is 4.57. The van der Waals surface area contributed by atoms with Gasteiger partial charge in [-0.05, 0) is 56.3 Å². The fraction of sp³-hybridized carbons (Fsp3) is 0.667. The van der Waals surface area contributed by atoms with Crippen molar-refractivity contribution >= 4 is 11.6 Å². The molecule has 0 heterocycles. The van der Waals surface area contributed by atoms with E-state index in [1.807, 2.05) is 12.1 Å². The molecule has 3 atom stereocenters. The lowest BCUT2D eigenvalue weighted by Crippen LogP contribution is -2.25. The first kappa shape index (κ1) is 16.6. The van der Waals surface area contributed by atoms with Gasteiger partial charge in [0, 0.05) is 6.04 Å². The molecule has 0 saturated heterocycles. The summed E-state index contributed by atoms with van der Waals surface area (Å²) in [5.74, 6) is 1.65. The Balaban J connectivity index is 2.00. The fourth-order valence-corrected chi connectivity index (χ4v) is 3.44. The summed E-state index contributed by atoms with van der Waals surface area (Å²) in [6, 6.07) is 6.50. The predicted molar refractivity (Wildman–Crippen MR) is 90.2 cm³/mol. The van der Waals surface area contributed by atoms with E-state index in [2.05, 4.69) is 32.2 Å². The third-order valence-corrected chi connectivity index (χ3v) is 4.87. The van der Waals surface area contributed by atoms with E-state index in [1.165, 1.54) is 31.2 Å². The molecular formula is C18H28ClNO. The van der Waals surface area contributed by atoms with E-state index in [-0.39, 0.29) is 0 Å². The lowest BCUT2D eigenvalue weighted by atomic mass is 9.85. The normalized spacial score (nSPS) is 23.8. The maximum Gasteiger partial charge on any atom is 0.138 e. The van der Waals surface area contributed by atoms with Crippen molar-refractivity contribution in [3.8, 4) is 5.75 Å². The maximum absolute atomic E-state index is 6.41. The average molecular weight is 310 g/mol. The van der Waals surface area contributed by atoms with Crippen LogP contribution in [0.25, 0.3) is 0 Å². The van der Waals surface area contributed by atoms with Crippen LogP contribution in [0.3, 0.4) is 0 Å². The van der Waals surface area contributed by atoms with Gasteiger partial charge in [-0.25, -0.2) is 0 Å². The summed E-state index contributed by atoms with van der Waals surface area (Å²) in [6.45, 7) is 7.50. The summed E-state index contributed by atoms with van der Waals surface area (Å²) in [5, 5.41) is 4.14. The quantitative estimate of drug-likeness (QED) is 0.764. The molecule has 0 aliphatic heterocycles. The highest BCUT2D eigenvalue weighted by atomic mass is 35.5. The van der Waals surface area contributed by atoms with Crippen LogP contribution in [0.2, 0.25) is 5.02 Å². The number of hydrogen-bond acceptors (Lipinski definition) is 2. The molecule has 1 aromatic carbocycles. The van der Waals surface area contributed by atoms with Gasteiger partial charge in [0.1, 0.15) is 5.75 Å². The molecule has 3 unspecified atom stereocenters. The van der Waals surface area contributed by atoms with Crippen LogP contribution in [-0.4, -0.2) is 12.6 Å². The van der Waals surface area contributed by atoms with Crippen LogP contribution >= 0.6 is 11.6 Å². The van der Waals surface area contributed by atoms with E-state index < -0.39 is 0 Å². The molecule has 0 bridgehead atoms. The van der Waals surface area contributed by atoms with Crippen molar-refractivity contribution in [3.05, 3.63) is 28.8 Å². The van der Waals surface area contributed by atoms with Gasteiger partial charge in [-0.3, -0.25) is 0 Å². The van der Waals surface area contributed by atoms with E-state index in [0.717, 1.165) is 29.7 Å². The van der Waals surface area contributed by atoms with Gasteiger partial charge < -0.3 is 10.1 Å². The van der Waals surface area contributed by atoms with Crippen molar-refractivity contribution in [3.63, 3.8) is 0 Å². The van der Waals surface area contributed by atoms with Crippen LogP contribution in [-0.2, 0) is 0 Å². The Morgan fingerprint density at radius 3 is 2.81 bits per heavy atom. The molecule has 3 heteroatoms. The first-order valence-electron chi connectivity index (χ1n) is 8.33. The van der Waals surface area contributed by atoms with Crippen molar-refractivity contribution in [1.82, 2.24) is 5.32 Å². The standard InChI is InChI=1S/C18H28ClNO/c1-4-14-7-6-8-16(11-14)21-18-10-9-15(12-17(18)19)13(3)20-5-2/h9-10,12-14,16,20H,4-8,11H2,1-3H3. The second-order valence-electron chi connectivity index (χ2n) is 6.15. The number of hydrogen-bond donors (Lipinski definition) is 1. The Labute approximate surface area is 134 Å². The zero-order chi connectivity index (χ0) is 15.2. The van der Waals surface area contributed by atoms with Crippen molar-refractivity contribution < 1.29 is 4.74 Å². The summed E-state index contributed by atoms with van der Waals surface area (Å²) >= 11 is 6.41. The molecule has 21 heavy (non-hydrogen) atoms. The first-order chi connectivity index (χ1) is 10.1. The van der Waals surface area contributed by atoms with Crippen LogP contribution in [0.4, 0.5) is 0 Å². The summed E-state index contributed by atoms with van der Waals surface area (Å²) in [5.41, 5.74) is 1.21. The molecule has 1 fully saturated rings.